The monoisotopic (exact) mass is 110 g/mol. The second-order valence-electron chi connectivity index (χ2n) is 2.48. The largest absolute Gasteiger partial charge is 0.160 e. The van der Waals surface area contributed by atoms with E-state index < -0.39 is 0 Å². The van der Waals surface area contributed by atoms with Gasteiger partial charge < -0.3 is 0 Å². The van der Waals surface area contributed by atoms with Crippen molar-refractivity contribution < 1.29 is 0 Å². The second-order valence-corrected chi connectivity index (χ2v) is 2.48. The Morgan fingerprint density at radius 1 is 0.875 bits per heavy atom. The van der Waals surface area contributed by atoms with Gasteiger partial charge in [0.1, 0.15) is 0 Å². The van der Waals surface area contributed by atoms with E-state index in [1.165, 1.54) is 25.7 Å². The standard InChI is InChI=1S/C7H12N/c8-7-5-3-1-2-4-6-7/h1-6H2. The average Bonchev–Trinajstić information content (AvgIpc) is 1.94. The van der Waals surface area contributed by atoms with Gasteiger partial charge in [0, 0.05) is 5.71 Å². The fraction of sp³-hybridized carbons (Fsp3) is 0.857. The summed E-state index contributed by atoms with van der Waals surface area (Å²) in [6.45, 7) is 0. The first-order chi connectivity index (χ1) is 3.89. The van der Waals surface area contributed by atoms with Crippen molar-refractivity contribution in [2.24, 2.45) is 0 Å². The van der Waals surface area contributed by atoms with Gasteiger partial charge in [0.2, 0.25) is 0 Å². The van der Waals surface area contributed by atoms with Crippen LogP contribution in [0.1, 0.15) is 38.5 Å². The SMILES string of the molecule is [N]=C1CCCCCC1. The Morgan fingerprint density at radius 3 is 1.88 bits per heavy atom. The Hall–Kier alpha value is -0.330. The number of hydrogen-bond donors (Lipinski definition) is 0. The lowest BCUT2D eigenvalue weighted by atomic mass is 10.2. The van der Waals surface area contributed by atoms with Gasteiger partial charge in [-0.1, -0.05) is 12.8 Å². The van der Waals surface area contributed by atoms with Gasteiger partial charge in [-0.2, -0.15) is 5.41 Å². The van der Waals surface area contributed by atoms with Crippen LogP contribution in [-0.2, 0) is 0 Å². The third-order valence-corrected chi connectivity index (χ3v) is 1.68. The normalized spacial score (nSPS) is 22.8. The first-order valence-electron chi connectivity index (χ1n) is 3.43. The molecule has 1 saturated carbocycles. The Kier molecular flexibility index (Phi) is 2.07. The van der Waals surface area contributed by atoms with Crippen LogP contribution in [-0.4, -0.2) is 5.71 Å². The van der Waals surface area contributed by atoms with Gasteiger partial charge in [-0.3, -0.25) is 0 Å². The first kappa shape index (κ1) is 5.80. The summed E-state index contributed by atoms with van der Waals surface area (Å²) < 4.78 is 0. The molecular formula is C7H12N. The highest BCUT2D eigenvalue weighted by Gasteiger charge is 2.02. The Balaban J connectivity index is 2.27. The third kappa shape index (κ3) is 1.65. The Morgan fingerprint density at radius 2 is 1.38 bits per heavy atom. The minimum atomic E-state index is 0.725. The minimum Gasteiger partial charge on any atom is -0.160 e. The van der Waals surface area contributed by atoms with Crippen LogP contribution >= 0.6 is 0 Å². The summed E-state index contributed by atoms with van der Waals surface area (Å²) in [5, 5.41) is 9.01. The molecule has 1 rings (SSSR count). The van der Waals surface area contributed by atoms with Gasteiger partial charge in [-0.05, 0) is 25.7 Å². The Labute approximate surface area is 50.6 Å². The maximum Gasteiger partial charge on any atom is 0.0405 e. The van der Waals surface area contributed by atoms with Crippen LogP contribution in [0.5, 0.6) is 0 Å². The van der Waals surface area contributed by atoms with Gasteiger partial charge in [0.25, 0.3) is 0 Å². The molecule has 8 heavy (non-hydrogen) atoms. The van der Waals surface area contributed by atoms with Crippen LogP contribution in [0.2, 0.25) is 0 Å². The van der Waals surface area contributed by atoms with E-state index in [0.29, 0.717) is 0 Å². The molecule has 0 spiro atoms. The molecule has 1 radical (unpaired) electrons. The summed E-state index contributed by atoms with van der Waals surface area (Å²) in [7, 11) is 0. The molecule has 0 aliphatic heterocycles. The molecule has 0 aromatic carbocycles. The summed E-state index contributed by atoms with van der Waals surface area (Å²) >= 11 is 0. The molecule has 0 unspecified atom stereocenters. The van der Waals surface area contributed by atoms with Gasteiger partial charge in [-0.15, -0.1) is 0 Å². The van der Waals surface area contributed by atoms with Crippen LogP contribution in [0.15, 0.2) is 0 Å². The fourth-order valence-electron chi connectivity index (χ4n) is 1.14. The molecule has 0 N–H and O–H groups in total. The van der Waals surface area contributed by atoms with Crippen molar-refractivity contribution in [1.29, 1.82) is 0 Å². The van der Waals surface area contributed by atoms with Crippen molar-refractivity contribution >= 4 is 5.71 Å². The summed E-state index contributed by atoms with van der Waals surface area (Å²) in [4.78, 5) is 0. The molecule has 1 aliphatic carbocycles. The highest BCUT2D eigenvalue weighted by atomic mass is 14.4. The number of hydrogen-bond acceptors (Lipinski definition) is 0. The zero-order valence-electron chi connectivity index (χ0n) is 5.19. The lowest BCUT2D eigenvalue weighted by molar-refractivity contribution is 0.702. The van der Waals surface area contributed by atoms with Gasteiger partial charge in [-0.25, -0.2) is 0 Å². The first-order valence-corrected chi connectivity index (χ1v) is 3.43. The van der Waals surface area contributed by atoms with E-state index in [9.17, 15) is 0 Å². The van der Waals surface area contributed by atoms with E-state index in [2.05, 4.69) is 0 Å². The van der Waals surface area contributed by atoms with E-state index in [-0.39, 0.29) is 0 Å². The number of nitrogens with zero attached hydrogens (tertiary/aromatic N) is 1. The van der Waals surface area contributed by atoms with Crippen molar-refractivity contribution in [3.8, 4) is 0 Å². The molecule has 1 heteroatoms. The van der Waals surface area contributed by atoms with Crippen LogP contribution in [0.4, 0.5) is 0 Å². The molecule has 0 aromatic heterocycles. The van der Waals surface area contributed by atoms with Gasteiger partial charge >= 0.3 is 0 Å². The maximum absolute atomic E-state index is 9.01. The lowest BCUT2D eigenvalue weighted by Crippen LogP contribution is -1.94. The van der Waals surface area contributed by atoms with Crippen LogP contribution in [0, 0.1) is 0 Å². The van der Waals surface area contributed by atoms with E-state index in [1.807, 2.05) is 0 Å². The molecule has 1 aliphatic rings. The summed E-state index contributed by atoms with van der Waals surface area (Å²) in [6.07, 6.45) is 6.94. The van der Waals surface area contributed by atoms with Crippen LogP contribution < -0.4 is 5.41 Å². The Bertz CT molecular complexity index is 76.4. The van der Waals surface area contributed by atoms with Gasteiger partial charge in [0.05, 0.1) is 0 Å². The van der Waals surface area contributed by atoms with E-state index >= 15 is 0 Å². The van der Waals surface area contributed by atoms with Crippen LogP contribution in [0.3, 0.4) is 0 Å². The number of rotatable bonds is 0. The van der Waals surface area contributed by atoms with Crippen molar-refractivity contribution in [2.45, 2.75) is 38.5 Å². The molecule has 0 atom stereocenters. The van der Waals surface area contributed by atoms with Crippen LogP contribution in [0.25, 0.3) is 0 Å². The quantitative estimate of drug-likeness (QED) is 0.422. The zero-order valence-corrected chi connectivity index (χ0v) is 5.19. The molecule has 0 aromatic rings. The molecule has 0 saturated heterocycles. The molecule has 1 nitrogen and oxygen atoms in total. The highest BCUT2D eigenvalue weighted by Crippen LogP contribution is 2.12. The lowest BCUT2D eigenvalue weighted by Gasteiger charge is -1.89. The maximum atomic E-state index is 9.01. The van der Waals surface area contributed by atoms with Crippen molar-refractivity contribution in [3.05, 3.63) is 0 Å². The average molecular weight is 110 g/mol. The molecule has 45 valence electrons. The smallest absolute Gasteiger partial charge is 0.0405 e. The van der Waals surface area contributed by atoms with E-state index in [4.69, 9.17) is 5.41 Å². The van der Waals surface area contributed by atoms with Crippen molar-refractivity contribution in [3.63, 3.8) is 0 Å². The summed E-state index contributed by atoms with van der Waals surface area (Å²) in [6, 6.07) is 0. The molecule has 0 amide bonds. The molecule has 0 heterocycles. The van der Waals surface area contributed by atoms with Crippen molar-refractivity contribution in [1.82, 2.24) is 5.41 Å². The fourth-order valence-corrected chi connectivity index (χ4v) is 1.14. The second kappa shape index (κ2) is 2.85. The summed E-state index contributed by atoms with van der Waals surface area (Å²) in [5.74, 6) is 0. The highest BCUT2D eigenvalue weighted by molar-refractivity contribution is 5.82. The molecule has 1 fully saturated rings. The van der Waals surface area contributed by atoms with Gasteiger partial charge in [0.15, 0.2) is 0 Å². The predicted molar refractivity (Wildman–Crippen MR) is 34.8 cm³/mol. The van der Waals surface area contributed by atoms with Crippen molar-refractivity contribution in [2.75, 3.05) is 0 Å². The summed E-state index contributed by atoms with van der Waals surface area (Å²) in [5.41, 5.74) is 0.725. The molecule has 0 bridgehead atoms. The zero-order chi connectivity index (χ0) is 5.82. The molecular weight excluding hydrogens is 98.1 g/mol. The van der Waals surface area contributed by atoms with E-state index in [0.717, 1.165) is 18.6 Å². The predicted octanol–water partition coefficient (Wildman–Crippen LogP) is 1.58. The third-order valence-electron chi connectivity index (χ3n) is 1.68. The van der Waals surface area contributed by atoms with E-state index in [1.54, 1.807) is 0 Å². The topological polar surface area (TPSA) is 22.3 Å². The minimum absolute atomic E-state index is 0.725.